The van der Waals surface area contributed by atoms with Gasteiger partial charge in [0.15, 0.2) is 4.73 Å². The molecule has 1 heterocycles. The molecule has 1 saturated carbocycles. The summed E-state index contributed by atoms with van der Waals surface area (Å²) in [6.45, 7) is 0. The van der Waals surface area contributed by atoms with Crippen LogP contribution in [-0.2, 0) is 7.05 Å². The zero-order chi connectivity index (χ0) is 8.01. The molecule has 0 N–H and O–H groups in total. The summed E-state index contributed by atoms with van der Waals surface area (Å²) >= 11 is 6.83. The third-order valence-electron chi connectivity index (χ3n) is 2.00. The molecule has 1 aliphatic rings. The maximum Gasteiger partial charge on any atom is 0.178 e. The molecular weight excluding hydrogens is 272 g/mol. The van der Waals surface area contributed by atoms with E-state index in [1.54, 1.807) is 0 Å². The molecule has 1 fully saturated rings. The van der Waals surface area contributed by atoms with Crippen molar-refractivity contribution in [3.05, 3.63) is 15.0 Å². The molecule has 0 aliphatic heterocycles. The van der Waals surface area contributed by atoms with Crippen LogP contribution in [0.4, 0.5) is 0 Å². The average molecular weight is 280 g/mol. The molecule has 0 amide bonds. The molecule has 4 heteroatoms. The van der Waals surface area contributed by atoms with Crippen LogP contribution in [0, 0.1) is 0 Å². The summed E-state index contributed by atoms with van der Waals surface area (Å²) in [5.41, 5.74) is 1.33. The zero-order valence-corrected chi connectivity index (χ0v) is 9.31. The van der Waals surface area contributed by atoms with Gasteiger partial charge in [0.25, 0.3) is 0 Å². The molecule has 1 aromatic rings. The summed E-state index contributed by atoms with van der Waals surface area (Å²) in [5, 5.41) is 0. The predicted molar refractivity (Wildman–Crippen MR) is 50.6 cm³/mol. The third kappa shape index (κ3) is 1.26. The first-order valence-electron chi connectivity index (χ1n) is 3.57. The molecule has 0 saturated heterocycles. The molecule has 2 rings (SSSR count). The standard InChI is InChI=1S/C7H8Br2N2/c1-11-5(4-2-3-4)6(8)10-7(11)9/h4H,2-3H2,1H3. The average Bonchev–Trinajstić information content (AvgIpc) is 2.68. The molecule has 60 valence electrons. The number of imidazole rings is 1. The summed E-state index contributed by atoms with van der Waals surface area (Å²) in [6, 6.07) is 0. The van der Waals surface area contributed by atoms with Crippen molar-refractivity contribution in [3.63, 3.8) is 0 Å². The van der Waals surface area contributed by atoms with Gasteiger partial charge in [0.05, 0.1) is 5.69 Å². The molecule has 1 aromatic heterocycles. The third-order valence-corrected chi connectivity index (χ3v) is 3.30. The number of nitrogens with zero attached hydrogens (tertiary/aromatic N) is 2. The highest BCUT2D eigenvalue weighted by atomic mass is 79.9. The Kier molecular flexibility index (Phi) is 1.84. The van der Waals surface area contributed by atoms with Gasteiger partial charge >= 0.3 is 0 Å². The molecule has 0 unspecified atom stereocenters. The van der Waals surface area contributed by atoms with Crippen LogP contribution in [0.2, 0.25) is 0 Å². The lowest BCUT2D eigenvalue weighted by atomic mass is 10.3. The van der Waals surface area contributed by atoms with E-state index in [9.17, 15) is 0 Å². The first kappa shape index (κ1) is 7.80. The Hall–Kier alpha value is 0.170. The molecule has 1 aliphatic carbocycles. The summed E-state index contributed by atoms with van der Waals surface area (Å²) in [6.07, 6.45) is 2.62. The molecule has 0 aromatic carbocycles. The van der Waals surface area contributed by atoms with Crippen molar-refractivity contribution in [1.29, 1.82) is 0 Å². The van der Waals surface area contributed by atoms with Gasteiger partial charge in [-0.05, 0) is 44.7 Å². The van der Waals surface area contributed by atoms with Gasteiger partial charge in [0.2, 0.25) is 0 Å². The first-order chi connectivity index (χ1) is 5.20. The van der Waals surface area contributed by atoms with Gasteiger partial charge in [-0.15, -0.1) is 0 Å². The fraction of sp³-hybridized carbons (Fsp3) is 0.571. The number of aromatic nitrogens is 2. The highest BCUT2D eigenvalue weighted by molar-refractivity contribution is 9.11. The van der Waals surface area contributed by atoms with Crippen molar-refractivity contribution >= 4 is 31.9 Å². The predicted octanol–water partition coefficient (Wildman–Crippen LogP) is 2.82. The second-order valence-electron chi connectivity index (χ2n) is 2.89. The lowest BCUT2D eigenvalue weighted by Crippen LogP contribution is -1.94. The number of halogens is 2. The van der Waals surface area contributed by atoms with Crippen LogP contribution in [-0.4, -0.2) is 9.55 Å². The summed E-state index contributed by atoms with van der Waals surface area (Å²) in [5.74, 6) is 0.744. The minimum absolute atomic E-state index is 0.744. The summed E-state index contributed by atoms with van der Waals surface area (Å²) < 4.78 is 4.00. The first-order valence-corrected chi connectivity index (χ1v) is 5.16. The zero-order valence-electron chi connectivity index (χ0n) is 6.14. The minimum Gasteiger partial charge on any atom is -0.324 e. The SMILES string of the molecule is Cn1c(Br)nc(Br)c1C1CC1. The van der Waals surface area contributed by atoms with Gasteiger partial charge in [-0.1, -0.05) is 0 Å². The van der Waals surface area contributed by atoms with Crippen molar-refractivity contribution in [2.24, 2.45) is 7.05 Å². The lowest BCUT2D eigenvalue weighted by Gasteiger charge is -1.99. The van der Waals surface area contributed by atoms with Crippen LogP contribution in [0.3, 0.4) is 0 Å². The van der Waals surface area contributed by atoms with Crippen LogP contribution in [0.1, 0.15) is 24.5 Å². The van der Waals surface area contributed by atoms with E-state index >= 15 is 0 Å². The van der Waals surface area contributed by atoms with Crippen molar-refractivity contribution < 1.29 is 0 Å². The topological polar surface area (TPSA) is 17.8 Å². The van der Waals surface area contributed by atoms with Crippen LogP contribution in [0.5, 0.6) is 0 Å². The lowest BCUT2D eigenvalue weighted by molar-refractivity contribution is 0.803. The van der Waals surface area contributed by atoms with E-state index in [0.717, 1.165) is 15.3 Å². The van der Waals surface area contributed by atoms with E-state index in [-0.39, 0.29) is 0 Å². The van der Waals surface area contributed by atoms with Gasteiger partial charge in [-0.2, -0.15) is 0 Å². The molecule has 0 bridgehead atoms. The van der Waals surface area contributed by atoms with Gasteiger partial charge < -0.3 is 4.57 Å². The summed E-state index contributed by atoms with van der Waals surface area (Å²) in [7, 11) is 2.04. The molecule has 2 nitrogen and oxygen atoms in total. The largest absolute Gasteiger partial charge is 0.324 e. The normalized spacial score (nSPS) is 17.4. The maximum absolute atomic E-state index is 4.27. The highest BCUT2D eigenvalue weighted by Gasteiger charge is 2.29. The van der Waals surface area contributed by atoms with E-state index in [1.165, 1.54) is 18.5 Å². The fourth-order valence-corrected chi connectivity index (χ4v) is 2.61. The van der Waals surface area contributed by atoms with E-state index in [1.807, 2.05) is 7.05 Å². The molecule has 11 heavy (non-hydrogen) atoms. The Bertz CT molecular complexity index is 289. The van der Waals surface area contributed by atoms with Gasteiger partial charge in [-0.25, -0.2) is 4.98 Å². The molecular formula is C7H8Br2N2. The van der Waals surface area contributed by atoms with Crippen LogP contribution < -0.4 is 0 Å². The van der Waals surface area contributed by atoms with Crippen LogP contribution in [0.25, 0.3) is 0 Å². The Morgan fingerprint density at radius 3 is 2.45 bits per heavy atom. The van der Waals surface area contributed by atoms with Gasteiger partial charge in [0.1, 0.15) is 4.60 Å². The minimum atomic E-state index is 0.744. The number of rotatable bonds is 1. The van der Waals surface area contributed by atoms with E-state index < -0.39 is 0 Å². The van der Waals surface area contributed by atoms with Crippen LogP contribution in [0.15, 0.2) is 9.34 Å². The fourth-order valence-electron chi connectivity index (χ4n) is 1.25. The highest BCUT2D eigenvalue weighted by Crippen LogP contribution is 2.43. The number of hydrogen-bond donors (Lipinski definition) is 0. The summed E-state index contributed by atoms with van der Waals surface area (Å²) in [4.78, 5) is 4.27. The second kappa shape index (κ2) is 2.59. The van der Waals surface area contributed by atoms with Crippen molar-refractivity contribution in [3.8, 4) is 0 Å². The second-order valence-corrected chi connectivity index (χ2v) is 4.35. The number of hydrogen-bond acceptors (Lipinski definition) is 1. The molecule has 0 atom stereocenters. The van der Waals surface area contributed by atoms with Gasteiger partial charge in [-0.3, -0.25) is 0 Å². The van der Waals surface area contributed by atoms with E-state index in [4.69, 9.17) is 0 Å². The Labute approximate surface area is 82.3 Å². The van der Waals surface area contributed by atoms with Gasteiger partial charge in [0, 0.05) is 13.0 Å². The smallest absolute Gasteiger partial charge is 0.178 e. The molecule has 0 spiro atoms. The molecule has 0 radical (unpaired) electrons. The van der Waals surface area contributed by atoms with Crippen molar-refractivity contribution in [2.75, 3.05) is 0 Å². The quantitative estimate of drug-likeness (QED) is 0.773. The van der Waals surface area contributed by atoms with Crippen LogP contribution >= 0.6 is 31.9 Å². The van der Waals surface area contributed by atoms with Crippen molar-refractivity contribution in [1.82, 2.24) is 9.55 Å². The monoisotopic (exact) mass is 278 g/mol. The Balaban J connectivity index is 2.50. The van der Waals surface area contributed by atoms with E-state index in [2.05, 4.69) is 41.4 Å². The Morgan fingerprint density at radius 1 is 1.45 bits per heavy atom. The van der Waals surface area contributed by atoms with Crippen molar-refractivity contribution in [2.45, 2.75) is 18.8 Å². The Morgan fingerprint density at radius 2 is 2.09 bits per heavy atom. The maximum atomic E-state index is 4.27. The van der Waals surface area contributed by atoms with E-state index in [0.29, 0.717) is 0 Å².